The maximum Gasteiger partial charge on any atom is 0.410 e. The molecule has 6 rings (SSSR count). The summed E-state index contributed by atoms with van der Waals surface area (Å²) in [5.41, 5.74) is 6.80. The molecule has 3 unspecified atom stereocenters. The molecule has 2 aliphatic heterocycles. The molecule has 10 amide bonds. The molecule has 0 aromatic heterocycles. The molecule has 2 saturated carbocycles. The van der Waals surface area contributed by atoms with E-state index in [1.165, 1.54) is 51.9 Å². The van der Waals surface area contributed by atoms with Crippen molar-refractivity contribution < 1.29 is 91.1 Å². The number of methoxy groups -OCH3 is 2. The molecule has 32 heteroatoms. The summed E-state index contributed by atoms with van der Waals surface area (Å²) < 4.78 is 35.5. The number of amides is 10. The van der Waals surface area contributed by atoms with E-state index in [1.807, 2.05) is 55.6 Å². The number of hydrogen-bond donors (Lipinski definition) is 8. The van der Waals surface area contributed by atoms with Gasteiger partial charge in [0.1, 0.15) is 49.1 Å². The Hall–Kier alpha value is -7.39. The van der Waals surface area contributed by atoms with E-state index < -0.39 is 150 Å². The normalized spacial score (nSPS) is 21.9. The van der Waals surface area contributed by atoms with Gasteiger partial charge in [-0.3, -0.25) is 52.8 Å². The molecular formula is C84H132N10O19S3. The fraction of sp³-hybridized carbons (Fsp3) is 0.714. The Morgan fingerprint density at radius 2 is 1.31 bits per heavy atom. The fourth-order valence-electron chi connectivity index (χ4n) is 15.7. The minimum Gasteiger partial charge on any atom is -0.462 e. The predicted molar refractivity (Wildman–Crippen MR) is 449 cm³/mol. The van der Waals surface area contributed by atoms with Gasteiger partial charge in [-0.1, -0.05) is 137 Å². The lowest BCUT2D eigenvalue weighted by atomic mass is 9.89. The molecule has 2 saturated heterocycles. The van der Waals surface area contributed by atoms with Crippen molar-refractivity contribution in [1.82, 2.24) is 41.3 Å². The zero-order valence-electron chi connectivity index (χ0n) is 70.6. The standard InChI is InChI=1S/C84H132N10O19S3/c1-15-53(8)75(66(108-13)47-68(96)94-39-24-30-65(94)77(109-14)54(9)78(101)87-55(10)76(100)57-25-19-18-20-26-57)92(11)82(105)73(51(4)5)91-81(104)74(52(6)7)93(12)84(107)110-48-56-31-33-58(34-32-56)88-79(102)64(29-23-38-86-83(85)106)89-80(103)72(50(2)3)90-67(95)49-114-40-35-69(97)111-59-43-60-45-61(44-59)113-71(99)37-42-116-63-28-22-17-16-21-27-62(46-63)115-41-36-70(98)112-60/h18-20,25-26,31-34,50-55,59-66,72-77,100H,15-17,21-24,27-30,35-49H2,1-14H3,(H,87,101)(H,88,102)(H,89,103)(H,90,95)(H,91,104)(H3,85,86,106)/t53-,54+,55+,59?,60-,61+,62?,63?,64-,65-,66+,72-,73-,74-,75-,76+,77+/m0/s1. The zero-order valence-corrected chi connectivity index (χ0v) is 73.0. The van der Waals surface area contributed by atoms with Gasteiger partial charge in [0.25, 0.3) is 0 Å². The Balaban J connectivity index is 0.990. The van der Waals surface area contributed by atoms with E-state index >= 15 is 0 Å². The first kappa shape index (κ1) is 97.4. The summed E-state index contributed by atoms with van der Waals surface area (Å²) >= 11 is 4.83. The van der Waals surface area contributed by atoms with E-state index in [4.69, 9.17) is 34.2 Å². The third-order valence-electron chi connectivity index (χ3n) is 22.3. The number of nitrogens with one attached hydrogen (secondary N) is 6. The maximum absolute atomic E-state index is 14.9. The molecule has 2 heterocycles. The number of aliphatic hydroxyl groups is 1. The summed E-state index contributed by atoms with van der Waals surface area (Å²) in [6.07, 6.45) is 6.22. The lowest BCUT2D eigenvalue weighted by molar-refractivity contribution is -0.169. The number of rotatable bonds is 38. The van der Waals surface area contributed by atoms with Gasteiger partial charge in [0.2, 0.25) is 41.4 Å². The van der Waals surface area contributed by atoms with Crippen LogP contribution in [0, 0.1) is 29.6 Å². The van der Waals surface area contributed by atoms with E-state index in [2.05, 4.69) is 31.9 Å². The fourth-order valence-corrected chi connectivity index (χ4v) is 19.2. The van der Waals surface area contributed by atoms with Crippen LogP contribution in [0.1, 0.15) is 208 Å². The molecule has 17 atom stereocenters. The molecule has 2 aromatic rings. The number of benzene rings is 2. The third-order valence-corrected chi connectivity index (χ3v) is 26.0. The van der Waals surface area contributed by atoms with Gasteiger partial charge in [0.05, 0.1) is 73.8 Å². The number of esters is 3. The van der Waals surface area contributed by atoms with Crippen LogP contribution in [0.3, 0.4) is 0 Å². The number of carbonyl (C=O) groups excluding carboxylic acids is 12. The number of anilines is 1. The first-order chi connectivity index (χ1) is 55.2. The van der Waals surface area contributed by atoms with Gasteiger partial charge >= 0.3 is 30.0 Å². The molecule has 4 aliphatic rings. The molecule has 0 radical (unpaired) electrons. The van der Waals surface area contributed by atoms with E-state index in [0.29, 0.717) is 71.0 Å². The molecule has 4 fully saturated rings. The number of primary amides is 1. The molecule has 650 valence electrons. The van der Waals surface area contributed by atoms with Crippen LogP contribution in [0.5, 0.6) is 0 Å². The van der Waals surface area contributed by atoms with Crippen molar-refractivity contribution in [2.75, 3.05) is 69.7 Å². The highest BCUT2D eigenvalue weighted by atomic mass is 32.2. The molecule has 9 N–H and O–H groups in total. The molecular weight excluding hydrogens is 1550 g/mol. The van der Waals surface area contributed by atoms with Gasteiger partial charge in [-0.15, -0.1) is 0 Å². The number of fused-ring (bicyclic) bond motifs is 4. The minimum atomic E-state index is -1.16. The van der Waals surface area contributed by atoms with Crippen molar-refractivity contribution in [3.63, 3.8) is 0 Å². The number of aliphatic hydroxyl groups excluding tert-OH is 1. The average Bonchev–Trinajstić information content (AvgIpc) is 1.48. The number of carbonyl (C=O) groups is 12. The van der Waals surface area contributed by atoms with Crippen LogP contribution in [0.25, 0.3) is 0 Å². The molecule has 2 aliphatic carbocycles. The second-order valence-electron chi connectivity index (χ2n) is 32.4. The van der Waals surface area contributed by atoms with Crippen LogP contribution in [-0.4, -0.2) is 239 Å². The lowest BCUT2D eigenvalue weighted by Crippen LogP contribution is -2.60. The van der Waals surface area contributed by atoms with Gasteiger partial charge in [-0.25, -0.2) is 9.59 Å². The van der Waals surface area contributed by atoms with E-state index in [1.54, 1.807) is 109 Å². The number of likely N-dealkylation sites (N-methyl/N-ethyl adjacent to an activating group) is 2. The van der Waals surface area contributed by atoms with Crippen LogP contribution < -0.4 is 37.6 Å². The van der Waals surface area contributed by atoms with E-state index in [0.717, 1.165) is 31.0 Å². The van der Waals surface area contributed by atoms with Crippen molar-refractivity contribution in [3.8, 4) is 0 Å². The van der Waals surface area contributed by atoms with Crippen molar-refractivity contribution in [2.24, 2.45) is 35.3 Å². The van der Waals surface area contributed by atoms with Crippen molar-refractivity contribution in [2.45, 2.75) is 287 Å². The Kier molecular flexibility index (Phi) is 41.9. The topological polar surface area (TPSA) is 388 Å². The van der Waals surface area contributed by atoms with Gasteiger partial charge in [-0.2, -0.15) is 35.3 Å². The molecule has 116 heavy (non-hydrogen) atoms. The van der Waals surface area contributed by atoms with Gasteiger partial charge in [0.15, 0.2) is 0 Å². The summed E-state index contributed by atoms with van der Waals surface area (Å²) in [5, 5.41) is 28.6. The summed E-state index contributed by atoms with van der Waals surface area (Å²) in [5.74, 6) is -5.41. The Labute approximate surface area is 698 Å². The lowest BCUT2D eigenvalue weighted by Gasteiger charge is -2.41. The van der Waals surface area contributed by atoms with Crippen molar-refractivity contribution in [1.29, 1.82) is 0 Å². The number of thioether (sulfide) groups is 3. The number of nitrogens with two attached hydrogens (primary N) is 1. The summed E-state index contributed by atoms with van der Waals surface area (Å²) in [6.45, 7) is 18.3. The average molecular weight is 1680 g/mol. The molecule has 4 bridgehead atoms. The molecule has 0 spiro atoms. The van der Waals surface area contributed by atoms with Crippen molar-refractivity contribution >= 4 is 112 Å². The SMILES string of the molecule is CC[C@H](C)[C@@H]([C@@H](CC(=O)N1CCC[C@H]1[C@H](OC)[C@@H](C)C(=O)N[C@H](C)[C@@H](O)c1ccccc1)OC)N(C)C(=O)[C@@H](NC(=O)[C@H](C(C)C)N(C)C(=O)OCc1ccc(NC(=O)[C@H](CCCNC(N)=O)NC(=O)[C@@H](NC(=O)CSCCC(=O)OC2C[C@@H]3C[C@H](C2)OC(=O)CCSC2CCCCCCC(C2)SCCC(=O)O3)C(C)C)cc1)C(C)C. The number of nitrogens with zero attached hydrogens (tertiary/aromatic N) is 3. The Morgan fingerprint density at radius 1 is 0.690 bits per heavy atom. The van der Waals surface area contributed by atoms with Gasteiger partial charge in [0, 0.05) is 94.1 Å². The van der Waals surface area contributed by atoms with Crippen LogP contribution in [0.4, 0.5) is 15.3 Å². The first-order valence-electron chi connectivity index (χ1n) is 41.5. The highest BCUT2D eigenvalue weighted by molar-refractivity contribution is 8.00. The number of hydrogen-bond acceptors (Lipinski definition) is 22. The third kappa shape index (κ3) is 31.4. The largest absolute Gasteiger partial charge is 0.462 e. The second kappa shape index (κ2) is 49.9. The van der Waals surface area contributed by atoms with Crippen LogP contribution in [0.2, 0.25) is 0 Å². The summed E-state index contributed by atoms with van der Waals surface area (Å²) in [7, 11) is 6.07. The van der Waals surface area contributed by atoms with E-state index in [-0.39, 0.29) is 106 Å². The monoisotopic (exact) mass is 1680 g/mol. The van der Waals surface area contributed by atoms with Crippen LogP contribution in [0.15, 0.2) is 54.6 Å². The maximum atomic E-state index is 14.9. The quantitative estimate of drug-likeness (QED) is 0.0176. The van der Waals surface area contributed by atoms with Gasteiger partial charge in [-0.05, 0) is 98.8 Å². The molecule has 29 nitrogen and oxygen atoms in total. The minimum absolute atomic E-state index is 0.0484. The van der Waals surface area contributed by atoms with E-state index in [9.17, 15) is 62.6 Å². The Morgan fingerprint density at radius 3 is 1.88 bits per heavy atom. The predicted octanol–water partition coefficient (Wildman–Crippen LogP) is 9.38. The van der Waals surface area contributed by atoms with Crippen LogP contribution in [-0.2, 0) is 83.0 Å². The van der Waals surface area contributed by atoms with Crippen molar-refractivity contribution in [3.05, 3.63) is 65.7 Å². The number of ether oxygens (including phenoxy) is 6. The first-order valence-corrected chi connectivity index (χ1v) is 44.8. The number of urea groups is 1. The number of likely N-dealkylation sites (tertiary alicyclic amines) is 1. The smallest absolute Gasteiger partial charge is 0.410 e. The highest BCUT2D eigenvalue weighted by Gasteiger charge is 2.45. The van der Waals surface area contributed by atoms with Crippen LogP contribution >= 0.6 is 35.3 Å². The summed E-state index contributed by atoms with van der Waals surface area (Å²) in [4.78, 5) is 169. The zero-order chi connectivity index (χ0) is 85.3. The highest BCUT2D eigenvalue weighted by Crippen LogP contribution is 2.36. The second-order valence-corrected chi connectivity index (χ2v) is 36.3. The Bertz CT molecular complexity index is 3450. The van der Waals surface area contributed by atoms with Gasteiger partial charge < -0.3 is 81.0 Å². The molecule has 2 aromatic carbocycles. The summed E-state index contributed by atoms with van der Waals surface area (Å²) in [6, 6.07) is 8.51.